The van der Waals surface area contributed by atoms with Gasteiger partial charge in [-0.15, -0.1) is 0 Å². The highest BCUT2D eigenvalue weighted by atomic mass is 16.5. The van der Waals surface area contributed by atoms with E-state index in [2.05, 4.69) is 6.92 Å². The molecule has 0 aromatic rings. The molecular weight excluding hydrogens is 168 g/mol. The summed E-state index contributed by atoms with van der Waals surface area (Å²) in [7, 11) is 0. The lowest BCUT2D eigenvalue weighted by atomic mass is 10.0. The fourth-order valence-corrected chi connectivity index (χ4v) is 1.82. The van der Waals surface area contributed by atoms with Crippen molar-refractivity contribution in [1.82, 2.24) is 0 Å². The zero-order chi connectivity index (χ0) is 9.42. The van der Waals surface area contributed by atoms with Crippen molar-refractivity contribution < 1.29 is 14.3 Å². The zero-order valence-corrected chi connectivity index (χ0v) is 8.00. The van der Waals surface area contributed by atoms with Crippen LogP contribution in [-0.4, -0.2) is 19.2 Å². The van der Waals surface area contributed by atoms with Gasteiger partial charge >= 0.3 is 5.97 Å². The molecule has 2 fully saturated rings. The summed E-state index contributed by atoms with van der Waals surface area (Å²) in [6.45, 7) is 5.37. The van der Waals surface area contributed by atoms with Gasteiger partial charge in [0.25, 0.3) is 0 Å². The average Bonchev–Trinajstić information content (AvgIpc) is 2.60. The first kappa shape index (κ1) is 8.60. The molecule has 2 atom stereocenters. The first-order valence-corrected chi connectivity index (χ1v) is 4.71. The minimum atomic E-state index is -0.184. The van der Waals surface area contributed by atoms with E-state index in [0.717, 1.165) is 24.4 Å². The Hall–Kier alpha value is -0.990. The molecule has 2 aliphatic rings. The van der Waals surface area contributed by atoms with Crippen LogP contribution in [0.15, 0.2) is 11.3 Å². The van der Waals surface area contributed by atoms with Crippen LogP contribution in [0.5, 0.6) is 0 Å². The van der Waals surface area contributed by atoms with Crippen molar-refractivity contribution in [1.29, 1.82) is 0 Å². The summed E-state index contributed by atoms with van der Waals surface area (Å²) in [5, 5.41) is 0. The first-order valence-electron chi connectivity index (χ1n) is 4.71. The molecule has 2 aliphatic heterocycles. The Kier molecular flexibility index (Phi) is 2.02. The molecule has 2 rings (SSSR count). The number of cyclic esters (lactones) is 1. The molecular formula is C10H14O3. The Morgan fingerprint density at radius 1 is 1.23 bits per heavy atom. The maximum Gasteiger partial charge on any atom is 0.337 e. The van der Waals surface area contributed by atoms with E-state index >= 15 is 0 Å². The van der Waals surface area contributed by atoms with Gasteiger partial charge in [-0.05, 0) is 5.92 Å². The average molecular weight is 182 g/mol. The van der Waals surface area contributed by atoms with Crippen LogP contribution < -0.4 is 0 Å². The Morgan fingerprint density at radius 2 is 2.00 bits per heavy atom. The summed E-state index contributed by atoms with van der Waals surface area (Å²) in [6, 6.07) is 0. The van der Waals surface area contributed by atoms with Crippen molar-refractivity contribution in [2.75, 3.05) is 13.2 Å². The van der Waals surface area contributed by atoms with Gasteiger partial charge in [-0.1, -0.05) is 13.8 Å². The number of carbonyl (C=O) groups excluding carboxylic acids is 1. The van der Waals surface area contributed by atoms with Crippen LogP contribution in [0.1, 0.15) is 20.3 Å². The molecule has 2 unspecified atom stereocenters. The van der Waals surface area contributed by atoms with Crippen LogP contribution in [0.2, 0.25) is 0 Å². The summed E-state index contributed by atoms with van der Waals surface area (Å²) in [6.07, 6.45) is 0.884. The van der Waals surface area contributed by atoms with Gasteiger partial charge in [0.15, 0.2) is 0 Å². The van der Waals surface area contributed by atoms with Crippen LogP contribution in [0.25, 0.3) is 0 Å². The van der Waals surface area contributed by atoms with Crippen LogP contribution >= 0.6 is 0 Å². The fraction of sp³-hybridized carbons (Fsp3) is 0.700. The predicted octanol–water partition coefficient (Wildman–Crippen LogP) is 1.49. The van der Waals surface area contributed by atoms with Crippen molar-refractivity contribution in [3.05, 3.63) is 11.3 Å². The fourth-order valence-electron chi connectivity index (χ4n) is 1.82. The second kappa shape index (κ2) is 3.05. The molecule has 0 aromatic carbocycles. The third-order valence-corrected chi connectivity index (χ3v) is 2.55. The van der Waals surface area contributed by atoms with Gasteiger partial charge in [0.1, 0.15) is 5.76 Å². The van der Waals surface area contributed by atoms with E-state index in [1.807, 2.05) is 6.92 Å². The molecule has 72 valence electrons. The molecule has 0 aliphatic carbocycles. The number of rotatable bonds is 0. The lowest BCUT2D eigenvalue weighted by molar-refractivity contribution is -0.135. The number of hydrogen-bond acceptors (Lipinski definition) is 3. The van der Waals surface area contributed by atoms with Crippen molar-refractivity contribution >= 4 is 5.97 Å². The Bertz CT molecular complexity index is 267. The summed E-state index contributed by atoms with van der Waals surface area (Å²) >= 11 is 0. The minimum Gasteiger partial charge on any atom is -0.497 e. The first-order chi connectivity index (χ1) is 6.18. The summed E-state index contributed by atoms with van der Waals surface area (Å²) in [4.78, 5) is 11.3. The third kappa shape index (κ3) is 1.43. The zero-order valence-electron chi connectivity index (χ0n) is 8.00. The van der Waals surface area contributed by atoms with E-state index in [0.29, 0.717) is 12.5 Å². The second-order valence-electron chi connectivity index (χ2n) is 3.96. The highest BCUT2D eigenvalue weighted by Gasteiger charge is 2.33. The summed E-state index contributed by atoms with van der Waals surface area (Å²) < 4.78 is 10.4. The highest BCUT2D eigenvalue weighted by Crippen LogP contribution is 2.32. The number of ether oxygens (including phenoxy) is 2. The highest BCUT2D eigenvalue weighted by molar-refractivity contribution is 5.91. The van der Waals surface area contributed by atoms with Crippen LogP contribution in [0, 0.1) is 11.8 Å². The molecule has 0 saturated carbocycles. The van der Waals surface area contributed by atoms with Gasteiger partial charge in [-0.25, -0.2) is 4.79 Å². The summed E-state index contributed by atoms with van der Waals surface area (Å²) in [5.41, 5.74) is 0.768. The molecule has 3 nitrogen and oxygen atoms in total. The lowest BCUT2D eigenvalue weighted by Gasteiger charge is -2.03. The monoisotopic (exact) mass is 182 g/mol. The number of allylic oxidation sites excluding steroid dienone is 1. The summed E-state index contributed by atoms with van der Waals surface area (Å²) in [5.74, 6) is 1.41. The lowest BCUT2D eigenvalue weighted by Crippen LogP contribution is -2.03. The van der Waals surface area contributed by atoms with Crippen molar-refractivity contribution in [3.8, 4) is 0 Å². The molecule has 0 spiro atoms. The van der Waals surface area contributed by atoms with E-state index in [9.17, 15) is 4.79 Å². The minimum absolute atomic E-state index is 0.184. The van der Waals surface area contributed by atoms with Gasteiger partial charge < -0.3 is 9.47 Å². The molecule has 0 aromatic heterocycles. The largest absolute Gasteiger partial charge is 0.497 e. The van der Waals surface area contributed by atoms with Crippen molar-refractivity contribution in [2.24, 2.45) is 11.8 Å². The number of hydrogen-bond donors (Lipinski definition) is 0. The Morgan fingerprint density at radius 3 is 2.46 bits per heavy atom. The van der Waals surface area contributed by atoms with Gasteiger partial charge in [0.2, 0.25) is 0 Å². The Labute approximate surface area is 77.7 Å². The van der Waals surface area contributed by atoms with E-state index in [4.69, 9.17) is 9.47 Å². The molecule has 0 N–H and O–H groups in total. The van der Waals surface area contributed by atoms with Crippen molar-refractivity contribution in [3.63, 3.8) is 0 Å². The standard InChI is InChI=1S/C10H14O3/c1-6-3-8(12-4-6)9-7(2)5-13-10(9)11/h6-7H,3-5H2,1-2H3/b9-8-. The van der Waals surface area contributed by atoms with Gasteiger partial charge in [0.05, 0.1) is 18.8 Å². The number of carbonyl (C=O) groups is 1. The van der Waals surface area contributed by atoms with E-state index in [1.54, 1.807) is 0 Å². The number of esters is 1. The molecule has 0 radical (unpaired) electrons. The normalized spacial score (nSPS) is 39.1. The predicted molar refractivity (Wildman–Crippen MR) is 46.9 cm³/mol. The van der Waals surface area contributed by atoms with Gasteiger partial charge in [0, 0.05) is 12.3 Å². The smallest absolute Gasteiger partial charge is 0.337 e. The molecule has 0 amide bonds. The molecule has 0 bridgehead atoms. The van der Waals surface area contributed by atoms with Gasteiger partial charge in [-0.2, -0.15) is 0 Å². The van der Waals surface area contributed by atoms with Crippen LogP contribution in [-0.2, 0) is 14.3 Å². The molecule has 2 heterocycles. The van der Waals surface area contributed by atoms with E-state index in [-0.39, 0.29) is 11.9 Å². The quantitative estimate of drug-likeness (QED) is 0.420. The van der Waals surface area contributed by atoms with Crippen LogP contribution in [0.3, 0.4) is 0 Å². The maximum absolute atomic E-state index is 11.3. The molecule has 2 saturated heterocycles. The Balaban J connectivity index is 2.26. The SMILES string of the molecule is CC1CO/C(=C2\C(=O)OCC2C)C1. The third-order valence-electron chi connectivity index (χ3n) is 2.55. The van der Waals surface area contributed by atoms with E-state index in [1.165, 1.54) is 0 Å². The van der Waals surface area contributed by atoms with Gasteiger partial charge in [-0.3, -0.25) is 0 Å². The van der Waals surface area contributed by atoms with Crippen molar-refractivity contribution in [2.45, 2.75) is 20.3 Å². The molecule has 13 heavy (non-hydrogen) atoms. The van der Waals surface area contributed by atoms with E-state index < -0.39 is 0 Å². The maximum atomic E-state index is 11.3. The molecule has 3 heteroatoms. The second-order valence-corrected chi connectivity index (χ2v) is 3.96. The topological polar surface area (TPSA) is 35.5 Å². The van der Waals surface area contributed by atoms with Crippen LogP contribution in [0.4, 0.5) is 0 Å².